The fourth-order valence-electron chi connectivity index (χ4n) is 9.19. The summed E-state index contributed by atoms with van der Waals surface area (Å²) in [7, 11) is 0. The van der Waals surface area contributed by atoms with Gasteiger partial charge in [0.1, 0.15) is 6.17 Å². The number of hydrogen-bond donors (Lipinski definition) is 1. The maximum atomic E-state index is 3.69. The van der Waals surface area contributed by atoms with Gasteiger partial charge in [-0.1, -0.05) is 160 Å². The molecule has 1 aliphatic heterocycles. The summed E-state index contributed by atoms with van der Waals surface area (Å²) >= 11 is 0. The van der Waals surface area contributed by atoms with E-state index in [2.05, 4.69) is 209 Å². The monoisotopic (exact) mass is 732 g/mol. The number of hydrogen-bond acceptors (Lipinski definition) is 2. The Morgan fingerprint density at radius 3 is 2.41 bits per heavy atom. The van der Waals surface area contributed by atoms with Crippen molar-refractivity contribution in [2.75, 3.05) is 0 Å². The van der Waals surface area contributed by atoms with Crippen molar-refractivity contribution in [3.63, 3.8) is 0 Å². The van der Waals surface area contributed by atoms with Gasteiger partial charge in [-0.2, -0.15) is 0 Å². The van der Waals surface area contributed by atoms with Crippen molar-refractivity contribution in [1.82, 2.24) is 10.2 Å². The minimum absolute atomic E-state index is 0.0241. The lowest BCUT2D eigenvalue weighted by molar-refractivity contribution is 0.339. The van der Waals surface area contributed by atoms with E-state index in [9.17, 15) is 0 Å². The molecule has 3 aromatic carbocycles. The molecule has 0 saturated carbocycles. The smallest absolute Gasteiger partial charge is 0.130 e. The molecule has 282 valence electrons. The molecule has 0 bridgehead atoms. The molecule has 0 radical (unpaired) electrons. The molecule has 0 aromatic heterocycles. The van der Waals surface area contributed by atoms with E-state index in [1.807, 2.05) is 0 Å². The van der Waals surface area contributed by atoms with Gasteiger partial charge in [0.25, 0.3) is 0 Å². The molecule has 0 fully saturated rings. The van der Waals surface area contributed by atoms with Crippen LogP contribution in [-0.4, -0.2) is 4.90 Å². The van der Waals surface area contributed by atoms with Crippen molar-refractivity contribution < 1.29 is 0 Å². The van der Waals surface area contributed by atoms with Gasteiger partial charge < -0.3 is 10.2 Å². The summed E-state index contributed by atoms with van der Waals surface area (Å²) in [6.07, 6.45) is 48.0. The molecule has 1 heterocycles. The molecule has 2 nitrogen and oxygen atoms in total. The molecule has 2 heteroatoms. The molecule has 5 atom stereocenters. The summed E-state index contributed by atoms with van der Waals surface area (Å²) in [5, 5.41) is 6.38. The summed E-state index contributed by atoms with van der Waals surface area (Å²) in [6.45, 7) is 11.2. The quantitative estimate of drug-likeness (QED) is 0.134. The van der Waals surface area contributed by atoms with Crippen molar-refractivity contribution in [3.05, 3.63) is 202 Å². The van der Waals surface area contributed by atoms with E-state index in [0.717, 1.165) is 25.0 Å². The number of nitrogens with one attached hydrogen (secondary N) is 1. The van der Waals surface area contributed by atoms with E-state index >= 15 is 0 Å². The Morgan fingerprint density at radius 2 is 1.66 bits per heavy atom. The van der Waals surface area contributed by atoms with E-state index in [4.69, 9.17) is 0 Å². The summed E-state index contributed by atoms with van der Waals surface area (Å²) in [4.78, 5) is 2.43. The minimum Gasteiger partial charge on any atom is -0.365 e. The van der Waals surface area contributed by atoms with Gasteiger partial charge in [-0.05, 0) is 137 Å². The molecular formula is C54H56N2. The topological polar surface area (TPSA) is 15.3 Å². The van der Waals surface area contributed by atoms with Crippen LogP contribution in [0, 0.1) is 30.6 Å². The number of nitrogens with zero attached hydrogens (tertiary/aromatic N) is 1. The number of allylic oxidation sites excluding steroid dienone is 19. The standard InChI is InChI=1S/C54H56N2/c1-6-8-9-17-48-36-55-54(56(48)47-31-20-37(3)21-32-47)43-25-22-40(23-26-43)24-33-49-39(5)52(46-30-28-42-15-10-11-16-44(42)35-46)50-18-12-13-19-51(50)53(49)45-29-27-41(14-7-2)38(4)34-45/h6-14,16-20,22-27,29,31-38,41-42,54-55H,15,21,28,30H2,1-5H3/b8-6-,14-7-,17-9-,33-24+/t37-,38?,41?,42?,54?/m0/s1. The molecule has 0 amide bonds. The van der Waals surface area contributed by atoms with Crippen LogP contribution in [0.15, 0.2) is 169 Å². The van der Waals surface area contributed by atoms with Gasteiger partial charge >= 0.3 is 0 Å². The molecule has 8 rings (SSSR count). The molecule has 5 aliphatic rings. The predicted octanol–water partition coefficient (Wildman–Crippen LogP) is 14.1. The van der Waals surface area contributed by atoms with Gasteiger partial charge in [0.2, 0.25) is 0 Å². The lowest BCUT2D eigenvalue weighted by Crippen LogP contribution is -2.28. The third-order valence-corrected chi connectivity index (χ3v) is 12.3. The van der Waals surface area contributed by atoms with Crippen LogP contribution >= 0.6 is 0 Å². The zero-order valence-electron chi connectivity index (χ0n) is 33.8. The number of rotatable bonds is 9. The fourth-order valence-corrected chi connectivity index (χ4v) is 9.19. The van der Waals surface area contributed by atoms with Crippen LogP contribution in [0.2, 0.25) is 0 Å². The first-order valence-electron chi connectivity index (χ1n) is 20.8. The van der Waals surface area contributed by atoms with Gasteiger partial charge in [-0.15, -0.1) is 0 Å². The molecule has 4 unspecified atom stereocenters. The van der Waals surface area contributed by atoms with Gasteiger partial charge in [-0.3, -0.25) is 0 Å². The minimum atomic E-state index is 0.0241. The van der Waals surface area contributed by atoms with Crippen molar-refractivity contribution in [2.45, 2.75) is 66.5 Å². The molecule has 56 heavy (non-hydrogen) atoms. The summed E-state index contributed by atoms with van der Waals surface area (Å²) in [5.74, 6) is 2.04. The van der Waals surface area contributed by atoms with Crippen LogP contribution in [0.1, 0.15) is 92.9 Å². The lowest BCUT2D eigenvalue weighted by atomic mass is 9.75. The van der Waals surface area contributed by atoms with E-state index in [1.165, 1.54) is 73.0 Å². The average molecular weight is 733 g/mol. The lowest BCUT2D eigenvalue weighted by Gasteiger charge is -2.31. The highest BCUT2D eigenvalue weighted by Gasteiger charge is 2.29. The number of benzene rings is 3. The molecule has 0 spiro atoms. The van der Waals surface area contributed by atoms with E-state index in [-0.39, 0.29) is 6.17 Å². The molecule has 0 saturated heterocycles. The highest BCUT2D eigenvalue weighted by Crippen LogP contribution is 2.45. The van der Waals surface area contributed by atoms with Crippen LogP contribution in [0.25, 0.3) is 34.1 Å². The first-order valence-corrected chi connectivity index (χ1v) is 20.8. The van der Waals surface area contributed by atoms with Crippen LogP contribution in [-0.2, 0) is 0 Å². The molecule has 3 aromatic rings. The first-order chi connectivity index (χ1) is 27.4. The van der Waals surface area contributed by atoms with Crippen molar-refractivity contribution >= 4 is 34.1 Å². The zero-order valence-corrected chi connectivity index (χ0v) is 33.8. The van der Waals surface area contributed by atoms with Crippen LogP contribution in [0.5, 0.6) is 0 Å². The molecular weight excluding hydrogens is 677 g/mol. The fraction of sp³-hybridized carbons (Fsp3) is 0.259. The van der Waals surface area contributed by atoms with E-state index < -0.39 is 0 Å². The molecule has 1 N–H and O–H groups in total. The van der Waals surface area contributed by atoms with Crippen molar-refractivity contribution in [3.8, 4) is 0 Å². The van der Waals surface area contributed by atoms with Crippen molar-refractivity contribution in [2.24, 2.45) is 23.7 Å². The maximum absolute atomic E-state index is 3.69. The Hall–Kier alpha value is -5.60. The molecule has 4 aliphatic carbocycles. The van der Waals surface area contributed by atoms with Crippen LogP contribution < -0.4 is 5.32 Å². The Bertz CT molecular complexity index is 2360. The largest absolute Gasteiger partial charge is 0.365 e. The zero-order chi connectivity index (χ0) is 38.6. The van der Waals surface area contributed by atoms with E-state index in [0.29, 0.717) is 23.7 Å². The highest BCUT2D eigenvalue weighted by atomic mass is 15.3. The SMILES string of the molecule is C/C=C\C=C/C1=CNC(c2ccc(/C=C/c3c(C)c(C4=CC5=CC=CCC5CC4)c4ccccc4c3C3=CC(C)C(/C=C\C)C=C3)cc2)N1C1=CC[C@@H](C)C=C1. The highest BCUT2D eigenvalue weighted by molar-refractivity contribution is 6.07. The Balaban J connectivity index is 1.19. The summed E-state index contributed by atoms with van der Waals surface area (Å²) in [5.41, 5.74) is 14.5. The Kier molecular flexibility index (Phi) is 11.1. The maximum Gasteiger partial charge on any atom is 0.130 e. The van der Waals surface area contributed by atoms with Gasteiger partial charge in [0.15, 0.2) is 0 Å². The second-order valence-electron chi connectivity index (χ2n) is 16.1. The average Bonchev–Trinajstić information content (AvgIpc) is 3.65. The predicted molar refractivity (Wildman–Crippen MR) is 242 cm³/mol. The summed E-state index contributed by atoms with van der Waals surface area (Å²) in [6, 6.07) is 18.3. The second kappa shape index (κ2) is 16.6. The summed E-state index contributed by atoms with van der Waals surface area (Å²) < 4.78 is 0. The third kappa shape index (κ3) is 7.50. The van der Waals surface area contributed by atoms with Gasteiger partial charge in [0, 0.05) is 17.8 Å². The van der Waals surface area contributed by atoms with Gasteiger partial charge in [0.05, 0.1) is 5.70 Å². The van der Waals surface area contributed by atoms with Crippen LogP contribution in [0.4, 0.5) is 0 Å². The Morgan fingerprint density at radius 1 is 0.839 bits per heavy atom. The van der Waals surface area contributed by atoms with Gasteiger partial charge in [-0.25, -0.2) is 0 Å². The normalized spacial score (nSPS) is 24.9. The second-order valence-corrected chi connectivity index (χ2v) is 16.1. The first kappa shape index (κ1) is 37.3. The Labute approximate surface area is 335 Å². The van der Waals surface area contributed by atoms with Crippen molar-refractivity contribution in [1.29, 1.82) is 0 Å². The third-order valence-electron chi connectivity index (χ3n) is 12.3. The van der Waals surface area contributed by atoms with Crippen LogP contribution in [0.3, 0.4) is 0 Å². The van der Waals surface area contributed by atoms with E-state index in [1.54, 1.807) is 0 Å². The number of fused-ring (bicyclic) bond motifs is 2.